The van der Waals surface area contributed by atoms with Gasteiger partial charge in [0.25, 0.3) is 0 Å². The van der Waals surface area contributed by atoms with Crippen molar-refractivity contribution in [3.8, 4) is 11.4 Å². The first-order chi connectivity index (χ1) is 14.8. The Morgan fingerprint density at radius 2 is 1.87 bits per heavy atom. The lowest BCUT2D eigenvalue weighted by Gasteiger charge is -2.09. The van der Waals surface area contributed by atoms with Gasteiger partial charge in [0.1, 0.15) is 29.0 Å². The molecule has 1 fully saturated rings. The summed E-state index contributed by atoms with van der Waals surface area (Å²) < 4.78 is 20.8. The van der Waals surface area contributed by atoms with Crippen LogP contribution in [-0.2, 0) is 12.4 Å². The molecule has 2 heterocycles. The van der Waals surface area contributed by atoms with Crippen molar-refractivity contribution >= 4 is 23.1 Å². The maximum atomic E-state index is 13.0. The Labute approximate surface area is 182 Å². The molecular weight excluding hydrogens is 419 g/mol. The van der Waals surface area contributed by atoms with Gasteiger partial charge >= 0.3 is 0 Å². The van der Waals surface area contributed by atoms with E-state index in [9.17, 15) is 4.39 Å². The summed E-state index contributed by atoms with van der Waals surface area (Å²) in [5.41, 5.74) is 2.08. The average molecular weight is 439 g/mol. The Hall–Kier alpha value is -2.71. The Kier molecular flexibility index (Phi) is 5.50. The summed E-state index contributed by atoms with van der Waals surface area (Å²) in [6.07, 6.45) is 2.36. The third-order valence-corrected chi connectivity index (χ3v) is 6.57. The maximum Gasteiger partial charge on any atom is 0.196 e. The lowest BCUT2D eigenvalue weighted by molar-refractivity contribution is 0.305. The molecule has 8 heteroatoms. The van der Waals surface area contributed by atoms with Crippen molar-refractivity contribution in [1.29, 1.82) is 0 Å². The molecule has 0 radical (unpaired) electrons. The number of rotatable bonds is 8. The van der Waals surface area contributed by atoms with Crippen molar-refractivity contribution in [2.24, 2.45) is 0 Å². The fraction of sp³-hybridized carbons (Fsp3) is 0.227. The summed E-state index contributed by atoms with van der Waals surface area (Å²) in [5.74, 6) is 2.63. The third-order valence-electron chi connectivity index (χ3n) is 4.74. The van der Waals surface area contributed by atoms with E-state index in [1.54, 1.807) is 35.2 Å². The molecule has 2 aromatic carbocycles. The van der Waals surface area contributed by atoms with E-state index in [1.807, 2.05) is 23.6 Å². The van der Waals surface area contributed by atoms with Crippen LogP contribution in [-0.4, -0.2) is 19.7 Å². The summed E-state index contributed by atoms with van der Waals surface area (Å²) >= 11 is 3.20. The zero-order chi connectivity index (χ0) is 20.3. The Balaban J connectivity index is 1.25. The fourth-order valence-corrected chi connectivity index (χ4v) is 4.76. The minimum Gasteiger partial charge on any atom is -0.486 e. The number of hydrogen-bond acceptors (Lipinski definition) is 6. The van der Waals surface area contributed by atoms with Crippen molar-refractivity contribution in [3.05, 3.63) is 82.3 Å². The largest absolute Gasteiger partial charge is 0.486 e. The number of thioether (sulfide) groups is 1. The number of aromatic nitrogens is 4. The van der Waals surface area contributed by atoms with Crippen LogP contribution >= 0.6 is 23.1 Å². The lowest BCUT2D eigenvalue weighted by Crippen LogP contribution is -2.01. The maximum absolute atomic E-state index is 13.0. The first kappa shape index (κ1) is 19.3. The highest BCUT2D eigenvalue weighted by atomic mass is 32.2. The molecule has 0 bridgehead atoms. The number of hydrogen-bond donors (Lipinski definition) is 0. The van der Waals surface area contributed by atoms with Crippen LogP contribution in [0.3, 0.4) is 0 Å². The highest BCUT2D eigenvalue weighted by Crippen LogP contribution is 2.41. The second-order valence-electron chi connectivity index (χ2n) is 7.05. The molecule has 0 aliphatic heterocycles. The Morgan fingerprint density at radius 3 is 2.63 bits per heavy atom. The summed E-state index contributed by atoms with van der Waals surface area (Å²) in [5, 5.41) is 12.7. The van der Waals surface area contributed by atoms with Crippen molar-refractivity contribution in [3.63, 3.8) is 0 Å². The number of para-hydroxylation sites is 1. The molecule has 0 atom stereocenters. The fourth-order valence-electron chi connectivity index (χ4n) is 3.10. The van der Waals surface area contributed by atoms with Crippen molar-refractivity contribution < 1.29 is 9.13 Å². The number of thiazole rings is 1. The van der Waals surface area contributed by atoms with Gasteiger partial charge in [-0.2, -0.15) is 0 Å². The predicted octanol–water partition coefficient (Wildman–Crippen LogP) is 5.61. The van der Waals surface area contributed by atoms with Crippen molar-refractivity contribution in [1.82, 2.24) is 19.7 Å². The quantitative estimate of drug-likeness (QED) is 0.335. The van der Waals surface area contributed by atoms with Gasteiger partial charge in [-0.05, 0) is 49.2 Å². The van der Waals surface area contributed by atoms with Gasteiger partial charge in [-0.3, -0.25) is 4.57 Å². The van der Waals surface area contributed by atoms with Crippen LogP contribution in [0.1, 0.15) is 35.3 Å². The summed E-state index contributed by atoms with van der Waals surface area (Å²) in [6.45, 7) is 0.368. The van der Waals surface area contributed by atoms with Gasteiger partial charge < -0.3 is 4.74 Å². The molecule has 0 unspecified atom stereocenters. The van der Waals surface area contributed by atoms with Crippen molar-refractivity contribution in [2.45, 2.75) is 36.3 Å². The van der Waals surface area contributed by atoms with E-state index < -0.39 is 0 Å². The second kappa shape index (κ2) is 8.57. The monoisotopic (exact) mass is 438 g/mol. The topological polar surface area (TPSA) is 52.8 Å². The molecule has 0 spiro atoms. The van der Waals surface area contributed by atoms with E-state index >= 15 is 0 Å². The molecular formula is C22H19FN4OS2. The lowest BCUT2D eigenvalue weighted by atomic mass is 10.3. The number of halogens is 1. The van der Waals surface area contributed by atoms with Crippen LogP contribution in [0.15, 0.2) is 65.1 Å². The van der Waals surface area contributed by atoms with E-state index in [0.717, 1.165) is 27.4 Å². The SMILES string of the molecule is Fc1ccc(OCc2nc(CSc3nnc(C4CC4)n3-c3ccccc3)cs2)cc1. The zero-order valence-electron chi connectivity index (χ0n) is 16.1. The molecule has 0 N–H and O–H groups in total. The predicted molar refractivity (Wildman–Crippen MR) is 116 cm³/mol. The molecule has 4 aromatic rings. The standard InChI is InChI=1S/C22H19FN4OS2/c23-16-8-10-19(11-9-16)28-12-20-24-17(13-29-20)14-30-22-26-25-21(15-6-7-15)27(22)18-4-2-1-3-5-18/h1-5,8-11,13,15H,6-7,12,14H2. The van der Waals surface area contributed by atoms with E-state index in [2.05, 4.69) is 31.9 Å². The van der Waals surface area contributed by atoms with Crippen LogP contribution in [0, 0.1) is 5.82 Å². The van der Waals surface area contributed by atoms with Crippen LogP contribution in [0.2, 0.25) is 0 Å². The van der Waals surface area contributed by atoms with Gasteiger partial charge in [0.15, 0.2) is 5.16 Å². The minimum absolute atomic E-state index is 0.274. The summed E-state index contributed by atoms with van der Waals surface area (Å²) in [7, 11) is 0. The van der Waals surface area contributed by atoms with Crippen molar-refractivity contribution in [2.75, 3.05) is 0 Å². The van der Waals surface area contributed by atoms with E-state index in [-0.39, 0.29) is 5.82 Å². The number of ether oxygens (including phenoxy) is 1. The van der Waals surface area contributed by atoms with E-state index in [1.165, 1.54) is 25.0 Å². The van der Waals surface area contributed by atoms with Crippen LogP contribution in [0.5, 0.6) is 5.75 Å². The highest BCUT2D eigenvalue weighted by Gasteiger charge is 2.31. The van der Waals surface area contributed by atoms with Crippen LogP contribution in [0.4, 0.5) is 4.39 Å². The highest BCUT2D eigenvalue weighted by molar-refractivity contribution is 7.98. The molecule has 1 aliphatic carbocycles. The molecule has 5 rings (SSSR count). The summed E-state index contributed by atoms with van der Waals surface area (Å²) in [6, 6.07) is 16.3. The summed E-state index contributed by atoms with van der Waals surface area (Å²) in [4.78, 5) is 4.66. The third kappa shape index (κ3) is 4.39. The van der Waals surface area contributed by atoms with Gasteiger partial charge in [0.05, 0.1) is 5.69 Å². The van der Waals surface area contributed by atoms with E-state index in [4.69, 9.17) is 4.74 Å². The van der Waals surface area contributed by atoms with Gasteiger partial charge in [0.2, 0.25) is 0 Å². The molecule has 1 aliphatic rings. The van der Waals surface area contributed by atoms with Gasteiger partial charge in [-0.25, -0.2) is 9.37 Å². The Morgan fingerprint density at radius 1 is 1.07 bits per heavy atom. The number of benzene rings is 2. The molecule has 152 valence electrons. The van der Waals surface area contributed by atoms with Crippen LogP contribution in [0.25, 0.3) is 5.69 Å². The molecule has 30 heavy (non-hydrogen) atoms. The number of nitrogens with zero attached hydrogens (tertiary/aromatic N) is 4. The molecule has 5 nitrogen and oxygen atoms in total. The molecule has 1 saturated carbocycles. The smallest absolute Gasteiger partial charge is 0.196 e. The molecule has 0 saturated heterocycles. The molecule has 2 aromatic heterocycles. The van der Waals surface area contributed by atoms with Gasteiger partial charge in [-0.1, -0.05) is 30.0 Å². The Bertz CT molecular complexity index is 1120. The minimum atomic E-state index is -0.274. The normalized spacial score (nSPS) is 13.5. The second-order valence-corrected chi connectivity index (χ2v) is 8.94. The van der Waals surface area contributed by atoms with E-state index in [0.29, 0.717) is 24.0 Å². The van der Waals surface area contributed by atoms with Crippen LogP contribution < -0.4 is 4.74 Å². The van der Waals surface area contributed by atoms with Gasteiger partial charge in [-0.15, -0.1) is 21.5 Å². The first-order valence-corrected chi connectivity index (χ1v) is 11.6. The molecule has 0 amide bonds. The average Bonchev–Trinajstić information content (AvgIpc) is 3.37. The van der Waals surface area contributed by atoms with Gasteiger partial charge in [0, 0.05) is 22.7 Å². The zero-order valence-corrected chi connectivity index (χ0v) is 17.7. The first-order valence-electron chi connectivity index (χ1n) is 9.71.